The Labute approximate surface area is 112 Å². The number of allylic oxidation sites excluding steroid dienone is 2. The van der Waals surface area contributed by atoms with E-state index in [9.17, 15) is 0 Å². The van der Waals surface area contributed by atoms with Gasteiger partial charge in [-0.2, -0.15) is 0 Å². The van der Waals surface area contributed by atoms with Crippen LogP contribution in [-0.4, -0.2) is 0 Å². The van der Waals surface area contributed by atoms with Crippen LogP contribution >= 0.6 is 0 Å². The molecule has 0 atom stereocenters. The van der Waals surface area contributed by atoms with Gasteiger partial charge in [-0.05, 0) is 50.0 Å². The Hall–Kier alpha value is -1.04. The maximum absolute atomic E-state index is 2.27. The molecule has 0 nitrogen and oxygen atoms in total. The lowest BCUT2D eigenvalue weighted by Gasteiger charge is -2.21. The molecule has 1 fully saturated rings. The number of hydrogen-bond donors (Lipinski definition) is 0. The lowest BCUT2D eigenvalue weighted by Crippen LogP contribution is -2.03. The van der Waals surface area contributed by atoms with Crippen LogP contribution in [0, 0.1) is 0 Å². The zero-order chi connectivity index (χ0) is 12.5. The Bertz CT molecular complexity index is 322. The van der Waals surface area contributed by atoms with Gasteiger partial charge in [0.2, 0.25) is 0 Å². The summed E-state index contributed by atoms with van der Waals surface area (Å²) in [5.74, 6) is 0.861. The first-order valence-electron chi connectivity index (χ1n) is 7.67. The number of rotatable bonds is 1. The van der Waals surface area contributed by atoms with E-state index in [0.29, 0.717) is 0 Å². The van der Waals surface area contributed by atoms with Crippen molar-refractivity contribution >= 4 is 0 Å². The van der Waals surface area contributed by atoms with Gasteiger partial charge in [0.25, 0.3) is 0 Å². The number of hydrogen-bond acceptors (Lipinski definition) is 0. The van der Waals surface area contributed by atoms with Crippen LogP contribution in [0.5, 0.6) is 0 Å². The zero-order valence-corrected chi connectivity index (χ0v) is 11.5. The van der Waals surface area contributed by atoms with Gasteiger partial charge in [-0.25, -0.2) is 0 Å². The highest BCUT2D eigenvalue weighted by molar-refractivity contribution is 5.19. The molecule has 0 spiro atoms. The maximum atomic E-state index is 2.27. The quantitative estimate of drug-likeness (QED) is 0.542. The molecular weight excluding hydrogens is 216 g/mol. The van der Waals surface area contributed by atoms with Crippen molar-refractivity contribution in [1.82, 2.24) is 0 Å². The molecule has 98 valence electrons. The molecule has 0 heterocycles. The van der Waals surface area contributed by atoms with E-state index >= 15 is 0 Å². The summed E-state index contributed by atoms with van der Waals surface area (Å²) in [5.41, 5.74) is 1.55. The predicted octanol–water partition coefficient (Wildman–Crippen LogP) is 5.85. The average molecular weight is 242 g/mol. The molecule has 0 heteroatoms. The molecule has 1 aromatic carbocycles. The molecule has 0 aliphatic heterocycles. The van der Waals surface area contributed by atoms with Crippen molar-refractivity contribution in [2.45, 2.75) is 63.7 Å². The molecule has 0 N–H and O–H groups in total. The first-order valence-corrected chi connectivity index (χ1v) is 7.67. The number of benzene rings is 1. The van der Waals surface area contributed by atoms with Gasteiger partial charge in [0.1, 0.15) is 0 Å². The first kappa shape index (κ1) is 13.4. The summed E-state index contributed by atoms with van der Waals surface area (Å²) in [6, 6.07) is 11.0. The van der Waals surface area contributed by atoms with Gasteiger partial charge < -0.3 is 0 Å². The van der Waals surface area contributed by atoms with Crippen LogP contribution in [0.15, 0.2) is 42.5 Å². The summed E-state index contributed by atoms with van der Waals surface area (Å²) < 4.78 is 0. The molecule has 2 aliphatic rings. The van der Waals surface area contributed by atoms with Gasteiger partial charge in [-0.3, -0.25) is 0 Å². The van der Waals surface area contributed by atoms with Crippen molar-refractivity contribution in [2.24, 2.45) is 0 Å². The Morgan fingerprint density at radius 2 is 1.28 bits per heavy atom. The Balaban J connectivity index is 0.000000169. The fourth-order valence-corrected chi connectivity index (χ4v) is 2.92. The van der Waals surface area contributed by atoms with Crippen molar-refractivity contribution in [3.8, 4) is 0 Å². The molecule has 0 saturated heterocycles. The van der Waals surface area contributed by atoms with E-state index in [-0.39, 0.29) is 0 Å². The topological polar surface area (TPSA) is 0 Å². The van der Waals surface area contributed by atoms with E-state index in [4.69, 9.17) is 0 Å². The van der Waals surface area contributed by atoms with E-state index in [1.165, 1.54) is 57.8 Å². The van der Waals surface area contributed by atoms with E-state index < -0.39 is 0 Å². The van der Waals surface area contributed by atoms with E-state index in [0.717, 1.165) is 5.92 Å². The second-order valence-corrected chi connectivity index (χ2v) is 5.50. The zero-order valence-electron chi connectivity index (χ0n) is 11.5. The van der Waals surface area contributed by atoms with E-state index in [1.807, 2.05) is 0 Å². The molecular formula is C18H26. The van der Waals surface area contributed by atoms with Crippen LogP contribution in [0.4, 0.5) is 0 Å². The smallest absolute Gasteiger partial charge is 0.0162 e. The van der Waals surface area contributed by atoms with Crippen molar-refractivity contribution < 1.29 is 0 Å². The summed E-state index contributed by atoms with van der Waals surface area (Å²) in [6.07, 6.45) is 17.1. The Morgan fingerprint density at radius 1 is 0.667 bits per heavy atom. The van der Waals surface area contributed by atoms with Gasteiger partial charge in [0.15, 0.2) is 0 Å². The van der Waals surface area contributed by atoms with Crippen LogP contribution < -0.4 is 0 Å². The minimum atomic E-state index is 0.861. The second kappa shape index (κ2) is 8.13. The van der Waals surface area contributed by atoms with Gasteiger partial charge in [0.05, 0.1) is 0 Å². The molecule has 1 saturated carbocycles. The Morgan fingerprint density at radius 3 is 1.78 bits per heavy atom. The third-order valence-corrected chi connectivity index (χ3v) is 4.03. The fourth-order valence-electron chi connectivity index (χ4n) is 2.92. The fraction of sp³-hybridized carbons (Fsp3) is 0.556. The van der Waals surface area contributed by atoms with Gasteiger partial charge in [0, 0.05) is 0 Å². The van der Waals surface area contributed by atoms with Crippen molar-refractivity contribution in [3.05, 3.63) is 48.0 Å². The third-order valence-electron chi connectivity index (χ3n) is 4.03. The van der Waals surface area contributed by atoms with Crippen molar-refractivity contribution in [1.29, 1.82) is 0 Å². The largest absolute Gasteiger partial charge is 0.0885 e. The molecule has 0 bridgehead atoms. The van der Waals surface area contributed by atoms with Gasteiger partial charge in [-0.15, -0.1) is 0 Å². The van der Waals surface area contributed by atoms with Crippen LogP contribution in [0.1, 0.15) is 69.3 Å². The lowest BCUT2D eigenvalue weighted by molar-refractivity contribution is 0.443. The first-order chi connectivity index (χ1) is 8.97. The molecule has 0 unspecified atom stereocenters. The highest BCUT2D eigenvalue weighted by Crippen LogP contribution is 2.32. The molecule has 0 amide bonds. The third kappa shape index (κ3) is 4.68. The van der Waals surface area contributed by atoms with Crippen LogP contribution in [0.3, 0.4) is 0 Å². The van der Waals surface area contributed by atoms with E-state index in [2.05, 4.69) is 42.5 Å². The van der Waals surface area contributed by atoms with E-state index in [1.54, 1.807) is 5.56 Å². The summed E-state index contributed by atoms with van der Waals surface area (Å²) >= 11 is 0. The maximum Gasteiger partial charge on any atom is -0.0162 e. The SMILES string of the molecule is C1=CCCCC1.c1ccc(C2CCCCC2)cc1. The summed E-state index contributed by atoms with van der Waals surface area (Å²) in [4.78, 5) is 0. The normalized spacial score (nSPS) is 20.0. The van der Waals surface area contributed by atoms with Crippen molar-refractivity contribution in [2.75, 3.05) is 0 Å². The minimum Gasteiger partial charge on any atom is -0.0885 e. The summed E-state index contributed by atoms with van der Waals surface area (Å²) in [6.45, 7) is 0. The highest BCUT2D eigenvalue weighted by atomic mass is 14.2. The highest BCUT2D eigenvalue weighted by Gasteiger charge is 2.14. The molecule has 2 aliphatic carbocycles. The average Bonchev–Trinajstić information content (AvgIpc) is 2.51. The lowest BCUT2D eigenvalue weighted by atomic mass is 9.84. The van der Waals surface area contributed by atoms with Crippen LogP contribution in [-0.2, 0) is 0 Å². The van der Waals surface area contributed by atoms with Gasteiger partial charge >= 0.3 is 0 Å². The second-order valence-electron chi connectivity index (χ2n) is 5.50. The van der Waals surface area contributed by atoms with Crippen LogP contribution in [0.2, 0.25) is 0 Å². The van der Waals surface area contributed by atoms with Crippen molar-refractivity contribution in [3.63, 3.8) is 0 Å². The molecule has 18 heavy (non-hydrogen) atoms. The van der Waals surface area contributed by atoms with Crippen LogP contribution in [0.25, 0.3) is 0 Å². The molecule has 1 aromatic rings. The summed E-state index contributed by atoms with van der Waals surface area (Å²) in [5, 5.41) is 0. The molecule has 0 radical (unpaired) electrons. The summed E-state index contributed by atoms with van der Waals surface area (Å²) in [7, 11) is 0. The molecule has 3 rings (SSSR count). The Kier molecular flexibility index (Phi) is 6.05. The molecule has 0 aromatic heterocycles. The predicted molar refractivity (Wildman–Crippen MR) is 79.9 cm³/mol. The standard InChI is InChI=1S/C12H16.C6H10/c1-3-7-11(8-4-1)12-9-5-2-6-10-12;1-2-4-6-5-3-1/h1,3-4,7-8,12H,2,5-6,9-10H2;1-2H,3-6H2. The van der Waals surface area contributed by atoms with Gasteiger partial charge in [-0.1, -0.05) is 61.7 Å². The monoisotopic (exact) mass is 242 g/mol. The minimum absolute atomic E-state index is 0.861.